The summed E-state index contributed by atoms with van der Waals surface area (Å²) in [5.74, 6) is -0.305. The van der Waals surface area contributed by atoms with Crippen molar-refractivity contribution in [1.82, 2.24) is 4.98 Å². The number of hydrogen-bond donors (Lipinski definition) is 2. The van der Waals surface area contributed by atoms with Crippen molar-refractivity contribution in [2.45, 2.75) is 13.0 Å². The van der Waals surface area contributed by atoms with Gasteiger partial charge in [-0.15, -0.1) is 0 Å². The summed E-state index contributed by atoms with van der Waals surface area (Å²) in [5.41, 5.74) is 3.89. The predicted molar refractivity (Wildman–Crippen MR) is 127 cm³/mol. The fourth-order valence-corrected chi connectivity index (χ4v) is 4.16. The number of halogens is 1. The molecule has 0 saturated heterocycles. The average Bonchev–Trinajstić information content (AvgIpc) is 3.18. The Morgan fingerprint density at radius 1 is 0.844 bits per heavy atom. The molecule has 5 heteroatoms. The maximum absolute atomic E-state index is 13.3. The van der Waals surface area contributed by atoms with Crippen LogP contribution in [0.1, 0.15) is 27.2 Å². The molecule has 0 aliphatic carbocycles. The number of nitrogens with one attached hydrogen (secondary N) is 1. The summed E-state index contributed by atoms with van der Waals surface area (Å²) in [4.78, 5) is 16.7. The molecule has 158 valence electrons. The van der Waals surface area contributed by atoms with Crippen LogP contribution in [0.3, 0.4) is 0 Å². The summed E-state index contributed by atoms with van der Waals surface area (Å²) < 4.78 is 5.67. The molecule has 0 fully saturated rings. The van der Waals surface area contributed by atoms with Gasteiger partial charge in [-0.1, -0.05) is 78.3 Å². The number of benzene rings is 4. The maximum atomic E-state index is 13.3. The number of aromatic nitrogens is 1. The number of aromatic hydroxyl groups is 1. The largest absolute Gasteiger partial charge is 0.507 e. The predicted octanol–water partition coefficient (Wildman–Crippen LogP) is 6.63. The van der Waals surface area contributed by atoms with E-state index in [1.165, 1.54) is 0 Å². The number of hydrogen-bond acceptors (Lipinski definition) is 3. The number of rotatable bonds is 5. The van der Waals surface area contributed by atoms with Gasteiger partial charge in [-0.2, -0.15) is 0 Å². The van der Waals surface area contributed by atoms with E-state index in [1.54, 1.807) is 6.07 Å². The molecule has 0 aliphatic heterocycles. The van der Waals surface area contributed by atoms with E-state index in [0.29, 0.717) is 22.4 Å². The maximum Gasteiger partial charge on any atom is 0.340 e. The van der Waals surface area contributed by atoms with E-state index >= 15 is 0 Å². The highest BCUT2D eigenvalue weighted by Gasteiger charge is 2.22. The molecule has 0 atom stereocenters. The summed E-state index contributed by atoms with van der Waals surface area (Å²) in [6.07, 6.45) is 0.497. The average molecular weight is 442 g/mol. The molecule has 0 bridgehead atoms. The first kappa shape index (κ1) is 20.2. The van der Waals surface area contributed by atoms with Crippen LogP contribution in [0.5, 0.6) is 5.75 Å². The van der Waals surface area contributed by atoms with Crippen molar-refractivity contribution < 1.29 is 14.6 Å². The normalized spacial score (nSPS) is 11.2. The second-order valence-electron chi connectivity index (χ2n) is 7.71. The van der Waals surface area contributed by atoms with Crippen molar-refractivity contribution in [3.63, 3.8) is 0 Å². The van der Waals surface area contributed by atoms with Gasteiger partial charge in [0.25, 0.3) is 0 Å². The Hall–Kier alpha value is -3.76. The summed E-state index contributed by atoms with van der Waals surface area (Å²) in [7, 11) is 0. The van der Waals surface area contributed by atoms with Crippen molar-refractivity contribution in [2.24, 2.45) is 0 Å². The highest BCUT2D eigenvalue weighted by molar-refractivity contribution is 6.30. The van der Waals surface area contributed by atoms with Gasteiger partial charge in [0.15, 0.2) is 0 Å². The third-order valence-electron chi connectivity index (χ3n) is 5.58. The SMILES string of the molecule is O=C(OCc1ccccc1)c1c(Cc2ccc(Cl)cc2)[nH]c2c1cc(O)c1ccccc12. The van der Waals surface area contributed by atoms with Gasteiger partial charge in [-0.3, -0.25) is 0 Å². The van der Waals surface area contributed by atoms with Gasteiger partial charge in [-0.05, 0) is 29.3 Å². The van der Waals surface area contributed by atoms with E-state index in [0.717, 1.165) is 33.1 Å². The Bertz CT molecular complexity index is 1420. The molecule has 32 heavy (non-hydrogen) atoms. The minimum absolute atomic E-state index is 0.127. The third kappa shape index (κ3) is 3.81. The summed E-state index contributed by atoms with van der Waals surface area (Å²) in [6, 6.07) is 26.3. The molecule has 5 rings (SSSR count). The van der Waals surface area contributed by atoms with Gasteiger partial charge >= 0.3 is 5.97 Å². The van der Waals surface area contributed by atoms with Gasteiger partial charge in [0.1, 0.15) is 12.4 Å². The molecule has 0 radical (unpaired) electrons. The van der Waals surface area contributed by atoms with Crippen molar-refractivity contribution in [3.8, 4) is 5.75 Å². The number of carbonyl (C=O) groups excluding carboxylic acids is 1. The lowest BCUT2D eigenvalue weighted by Crippen LogP contribution is -2.08. The lowest BCUT2D eigenvalue weighted by atomic mass is 10.0. The number of ether oxygens (including phenoxy) is 1. The first-order valence-electron chi connectivity index (χ1n) is 10.3. The molecule has 0 saturated carbocycles. The first-order valence-corrected chi connectivity index (χ1v) is 10.7. The van der Waals surface area contributed by atoms with Crippen LogP contribution in [-0.4, -0.2) is 16.1 Å². The zero-order valence-corrected chi connectivity index (χ0v) is 17.9. The molecule has 2 N–H and O–H groups in total. The number of fused-ring (bicyclic) bond motifs is 3. The molecule has 1 aromatic heterocycles. The Morgan fingerprint density at radius 2 is 1.53 bits per heavy atom. The van der Waals surface area contributed by atoms with Gasteiger partial charge in [0.2, 0.25) is 0 Å². The molecule has 5 aromatic rings. The molecule has 0 unspecified atom stereocenters. The number of aromatic amines is 1. The Kier molecular flexibility index (Phi) is 5.29. The molecular weight excluding hydrogens is 422 g/mol. The van der Waals surface area contributed by atoms with Crippen molar-refractivity contribution >= 4 is 39.2 Å². The van der Waals surface area contributed by atoms with E-state index in [2.05, 4.69) is 4.98 Å². The van der Waals surface area contributed by atoms with E-state index in [1.807, 2.05) is 78.9 Å². The van der Waals surface area contributed by atoms with Gasteiger partial charge in [-0.25, -0.2) is 4.79 Å². The van der Waals surface area contributed by atoms with Gasteiger partial charge in [0, 0.05) is 33.3 Å². The van der Waals surface area contributed by atoms with Crippen LogP contribution in [0.2, 0.25) is 5.02 Å². The number of H-pyrrole nitrogens is 1. The summed E-state index contributed by atoms with van der Waals surface area (Å²) >= 11 is 6.03. The molecule has 0 amide bonds. The van der Waals surface area contributed by atoms with Crippen LogP contribution in [0, 0.1) is 0 Å². The number of carbonyl (C=O) groups is 1. The van der Waals surface area contributed by atoms with E-state index in [-0.39, 0.29) is 12.4 Å². The number of esters is 1. The monoisotopic (exact) mass is 441 g/mol. The van der Waals surface area contributed by atoms with Gasteiger partial charge < -0.3 is 14.8 Å². The lowest BCUT2D eigenvalue weighted by Gasteiger charge is -2.08. The fraction of sp³-hybridized carbons (Fsp3) is 0.0741. The van der Waals surface area contributed by atoms with Crippen LogP contribution < -0.4 is 0 Å². The Balaban J connectivity index is 1.62. The minimum Gasteiger partial charge on any atom is -0.507 e. The van der Waals surface area contributed by atoms with Crippen LogP contribution in [0.4, 0.5) is 0 Å². The van der Waals surface area contributed by atoms with E-state index in [4.69, 9.17) is 16.3 Å². The van der Waals surface area contributed by atoms with E-state index in [9.17, 15) is 9.90 Å². The molecular formula is C27H20ClNO3. The molecule has 1 heterocycles. The number of phenols is 1. The standard InChI is InChI=1S/C27H20ClNO3/c28-19-12-10-17(11-13-19)14-23-25(27(31)32-16-18-6-2-1-3-7-18)22-15-24(30)20-8-4-5-9-21(20)26(22)29-23/h1-13,15,29-30H,14,16H2. The van der Waals surface area contributed by atoms with Crippen LogP contribution in [0.15, 0.2) is 84.9 Å². The van der Waals surface area contributed by atoms with Crippen LogP contribution in [0.25, 0.3) is 21.7 Å². The topological polar surface area (TPSA) is 62.3 Å². The van der Waals surface area contributed by atoms with Crippen molar-refractivity contribution in [1.29, 1.82) is 0 Å². The van der Waals surface area contributed by atoms with E-state index < -0.39 is 5.97 Å². The third-order valence-corrected chi connectivity index (χ3v) is 5.83. The molecule has 0 aliphatic rings. The van der Waals surface area contributed by atoms with Crippen molar-refractivity contribution in [3.05, 3.63) is 112 Å². The minimum atomic E-state index is -0.432. The zero-order chi connectivity index (χ0) is 22.1. The molecule has 4 nitrogen and oxygen atoms in total. The van der Waals surface area contributed by atoms with Crippen molar-refractivity contribution in [2.75, 3.05) is 0 Å². The summed E-state index contributed by atoms with van der Waals surface area (Å²) in [6.45, 7) is 0.173. The molecule has 0 spiro atoms. The number of phenolic OH excluding ortho intramolecular Hbond substituents is 1. The Labute approximate surface area is 190 Å². The lowest BCUT2D eigenvalue weighted by molar-refractivity contribution is 0.0474. The first-order chi connectivity index (χ1) is 15.6. The van der Waals surface area contributed by atoms with Crippen LogP contribution >= 0.6 is 11.6 Å². The second-order valence-corrected chi connectivity index (χ2v) is 8.14. The zero-order valence-electron chi connectivity index (χ0n) is 17.1. The Morgan fingerprint density at radius 3 is 2.28 bits per heavy atom. The van der Waals surface area contributed by atoms with Crippen LogP contribution in [-0.2, 0) is 17.8 Å². The van der Waals surface area contributed by atoms with Gasteiger partial charge in [0.05, 0.1) is 11.1 Å². The fourth-order valence-electron chi connectivity index (χ4n) is 4.03. The summed E-state index contributed by atoms with van der Waals surface area (Å²) in [5, 5.41) is 13.5. The highest BCUT2D eigenvalue weighted by Crippen LogP contribution is 2.36. The second kappa shape index (κ2) is 8.40. The molecule has 4 aromatic carbocycles. The quantitative estimate of drug-likeness (QED) is 0.301. The highest BCUT2D eigenvalue weighted by atomic mass is 35.5. The smallest absolute Gasteiger partial charge is 0.340 e.